The number of benzene rings is 2. The maximum atomic E-state index is 6.30. The summed E-state index contributed by atoms with van der Waals surface area (Å²) in [6.45, 7) is 6.61. The van der Waals surface area contributed by atoms with Crippen molar-refractivity contribution in [3.63, 3.8) is 0 Å². The molecule has 0 heterocycles. The zero-order valence-corrected chi connectivity index (χ0v) is 14.2. The fourth-order valence-electron chi connectivity index (χ4n) is 2.28. The maximum Gasteiger partial charge on any atom is 0.0439 e. The van der Waals surface area contributed by atoms with Crippen LogP contribution in [0.2, 0.25) is 10.0 Å². The molecule has 112 valence electrons. The minimum absolute atomic E-state index is 0.0880. The van der Waals surface area contributed by atoms with Crippen molar-refractivity contribution in [2.45, 2.75) is 38.6 Å². The predicted octanol–water partition coefficient (Wildman–Crippen LogP) is 5.53. The molecule has 2 aromatic carbocycles. The van der Waals surface area contributed by atoms with Gasteiger partial charge in [-0.1, -0.05) is 68.2 Å². The molecule has 2 N–H and O–H groups in total. The van der Waals surface area contributed by atoms with Crippen molar-refractivity contribution in [2.24, 2.45) is 5.73 Å². The highest BCUT2D eigenvalue weighted by molar-refractivity contribution is 6.33. The van der Waals surface area contributed by atoms with E-state index in [4.69, 9.17) is 28.9 Å². The molecule has 1 atom stereocenters. The van der Waals surface area contributed by atoms with Crippen molar-refractivity contribution in [2.75, 3.05) is 0 Å². The summed E-state index contributed by atoms with van der Waals surface area (Å²) in [6, 6.07) is 13.9. The topological polar surface area (TPSA) is 26.0 Å². The van der Waals surface area contributed by atoms with E-state index in [0.29, 0.717) is 16.5 Å². The monoisotopic (exact) mass is 321 g/mol. The predicted molar refractivity (Wildman–Crippen MR) is 92.2 cm³/mol. The second-order valence-electron chi connectivity index (χ2n) is 6.42. The Kier molecular flexibility index (Phi) is 4.98. The summed E-state index contributed by atoms with van der Waals surface area (Å²) in [6.07, 6.45) is 0.675. The van der Waals surface area contributed by atoms with Gasteiger partial charge in [0, 0.05) is 16.1 Å². The first-order valence-corrected chi connectivity index (χ1v) is 7.83. The second kappa shape index (κ2) is 6.39. The van der Waals surface area contributed by atoms with E-state index < -0.39 is 0 Å². The van der Waals surface area contributed by atoms with Crippen LogP contribution in [0.1, 0.15) is 43.5 Å². The van der Waals surface area contributed by atoms with E-state index in [-0.39, 0.29) is 11.5 Å². The van der Waals surface area contributed by atoms with Crippen LogP contribution in [0.4, 0.5) is 0 Å². The lowest BCUT2D eigenvalue weighted by molar-refractivity contribution is 0.589. The van der Waals surface area contributed by atoms with Crippen molar-refractivity contribution in [3.8, 4) is 0 Å². The van der Waals surface area contributed by atoms with Gasteiger partial charge in [-0.3, -0.25) is 0 Å². The van der Waals surface area contributed by atoms with E-state index in [2.05, 4.69) is 45.0 Å². The van der Waals surface area contributed by atoms with Gasteiger partial charge in [-0.2, -0.15) is 0 Å². The molecule has 0 aliphatic rings. The van der Waals surface area contributed by atoms with Crippen LogP contribution in [-0.2, 0) is 11.8 Å². The Morgan fingerprint density at radius 3 is 2.19 bits per heavy atom. The minimum atomic E-state index is -0.0880. The molecule has 2 rings (SSSR count). The molecule has 2 aromatic rings. The van der Waals surface area contributed by atoms with Crippen LogP contribution in [0.5, 0.6) is 0 Å². The van der Waals surface area contributed by atoms with Gasteiger partial charge >= 0.3 is 0 Å². The van der Waals surface area contributed by atoms with Crippen LogP contribution in [0, 0.1) is 0 Å². The lowest BCUT2D eigenvalue weighted by Gasteiger charge is -2.20. The van der Waals surface area contributed by atoms with Gasteiger partial charge in [0.1, 0.15) is 0 Å². The molecule has 0 amide bonds. The Hall–Kier alpha value is -1.02. The van der Waals surface area contributed by atoms with Gasteiger partial charge in [-0.15, -0.1) is 0 Å². The van der Waals surface area contributed by atoms with Gasteiger partial charge in [0.15, 0.2) is 0 Å². The maximum absolute atomic E-state index is 6.30. The lowest BCUT2D eigenvalue weighted by atomic mass is 9.86. The number of hydrogen-bond acceptors (Lipinski definition) is 1. The third kappa shape index (κ3) is 4.23. The van der Waals surface area contributed by atoms with Gasteiger partial charge in [0.05, 0.1) is 0 Å². The summed E-state index contributed by atoms with van der Waals surface area (Å²) in [4.78, 5) is 0. The molecule has 0 spiro atoms. The number of hydrogen-bond donors (Lipinski definition) is 1. The molecule has 0 radical (unpaired) electrons. The first kappa shape index (κ1) is 16.4. The van der Waals surface area contributed by atoms with Crippen molar-refractivity contribution in [1.29, 1.82) is 0 Å². The first-order valence-electron chi connectivity index (χ1n) is 7.07. The number of nitrogens with two attached hydrogens (primary N) is 1. The second-order valence-corrected chi connectivity index (χ2v) is 7.26. The summed E-state index contributed by atoms with van der Waals surface area (Å²) in [7, 11) is 0. The van der Waals surface area contributed by atoms with Gasteiger partial charge in [0.2, 0.25) is 0 Å². The Morgan fingerprint density at radius 1 is 1.00 bits per heavy atom. The van der Waals surface area contributed by atoms with Crippen molar-refractivity contribution in [1.82, 2.24) is 0 Å². The van der Waals surface area contributed by atoms with E-state index in [1.807, 2.05) is 12.1 Å². The highest BCUT2D eigenvalue weighted by Gasteiger charge is 2.15. The van der Waals surface area contributed by atoms with Crippen LogP contribution >= 0.6 is 23.2 Å². The number of rotatable bonds is 3. The van der Waals surface area contributed by atoms with E-state index in [0.717, 1.165) is 11.1 Å². The molecule has 1 nitrogen and oxygen atoms in total. The molecule has 0 aromatic heterocycles. The Morgan fingerprint density at radius 2 is 1.62 bits per heavy atom. The van der Waals surface area contributed by atoms with Crippen molar-refractivity contribution < 1.29 is 0 Å². The molecule has 0 saturated carbocycles. The molecule has 0 saturated heterocycles. The average molecular weight is 322 g/mol. The zero-order valence-electron chi connectivity index (χ0n) is 12.7. The van der Waals surface area contributed by atoms with Gasteiger partial charge < -0.3 is 5.73 Å². The van der Waals surface area contributed by atoms with E-state index in [1.54, 1.807) is 6.07 Å². The standard InChI is InChI=1S/C18H21Cl2N/c1-18(2,3)14-6-4-12(5-7-14)17(21)11-13-10-15(19)8-9-16(13)20/h4-10,17H,11,21H2,1-3H3. The SMILES string of the molecule is CC(C)(C)c1ccc(C(N)Cc2cc(Cl)ccc2Cl)cc1. The van der Waals surface area contributed by atoms with Gasteiger partial charge in [-0.25, -0.2) is 0 Å². The minimum Gasteiger partial charge on any atom is -0.324 e. The van der Waals surface area contributed by atoms with Crippen LogP contribution in [0.25, 0.3) is 0 Å². The summed E-state index contributed by atoms with van der Waals surface area (Å²) in [5.41, 5.74) is 9.85. The molecule has 0 aliphatic carbocycles. The number of halogens is 2. The summed E-state index contributed by atoms with van der Waals surface area (Å²) in [5.74, 6) is 0. The Labute approximate surface area is 137 Å². The zero-order chi connectivity index (χ0) is 15.6. The van der Waals surface area contributed by atoms with Crippen LogP contribution < -0.4 is 5.73 Å². The normalized spacial score (nSPS) is 13.2. The lowest BCUT2D eigenvalue weighted by Crippen LogP contribution is -2.15. The molecule has 0 fully saturated rings. The van der Waals surface area contributed by atoms with Crippen molar-refractivity contribution >= 4 is 23.2 Å². The van der Waals surface area contributed by atoms with E-state index in [9.17, 15) is 0 Å². The summed E-state index contributed by atoms with van der Waals surface area (Å²) < 4.78 is 0. The molecule has 0 bridgehead atoms. The summed E-state index contributed by atoms with van der Waals surface area (Å²) in [5, 5.41) is 1.39. The third-order valence-corrected chi connectivity index (χ3v) is 4.26. The molecule has 21 heavy (non-hydrogen) atoms. The first-order chi connectivity index (χ1) is 9.77. The Balaban J connectivity index is 2.17. The third-order valence-electron chi connectivity index (χ3n) is 3.65. The Bertz CT molecular complexity index is 612. The van der Waals surface area contributed by atoms with E-state index >= 15 is 0 Å². The molecule has 0 aliphatic heterocycles. The largest absolute Gasteiger partial charge is 0.324 e. The molecular formula is C18H21Cl2N. The highest BCUT2D eigenvalue weighted by Crippen LogP contribution is 2.27. The quantitative estimate of drug-likeness (QED) is 0.789. The van der Waals surface area contributed by atoms with Crippen molar-refractivity contribution in [3.05, 3.63) is 69.2 Å². The smallest absolute Gasteiger partial charge is 0.0439 e. The van der Waals surface area contributed by atoms with Crippen LogP contribution in [0.3, 0.4) is 0 Å². The fourth-order valence-corrected chi connectivity index (χ4v) is 2.67. The van der Waals surface area contributed by atoms with E-state index in [1.165, 1.54) is 5.56 Å². The molecule has 1 unspecified atom stereocenters. The van der Waals surface area contributed by atoms with Crippen LogP contribution in [0.15, 0.2) is 42.5 Å². The molecule has 3 heteroatoms. The fraction of sp³-hybridized carbons (Fsp3) is 0.333. The average Bonchev–Trinajstić information content (AvgIpc) is 2.42. The van der Waals surface area contributed by atoms with Gasteiger partial charge in [0.25, 0.3) is 0 Å². The molecular weight excluding hydrogens is 301 g/mol. The van der Waals surface area contributed by atoms with Gasteiger partial charge in [-0.05, 0) is 46.7 Å². The highest BCUT2D eigenvalue weighted by atomic mass is 35.5. The summed E-state index contributed by atoms with van der Waals surface area (Å²) >= 11 is 12.2. The van der Waals surface area contributed by atoms with Crippen LogP contribution in [-0.4, -0.2) is 0 Å².